The smallest absolute Gasteiger partial charge is 0.339 e. The Kier molecular flexibility index (Phi) is 5.77. The first kappa shape index (κ1) is 19.6. The molecule has 1 amide bonds. The Morgan fingerprint density at radius 2 is 1.96 bits per heavy atom. The van der Waals surface area contributed by atoms with Crippen molar-refractivity contribution in [2.45, 2.75) is 0 Å². The molecule has 0 aliphatic heterocycles. The lowest BCUT2D eigenvalue weighted by Gasteiger charge is -2.11. The number of carboxylic acid groups (broad SMARTS) is 1. The van der Waals surface area contributed by atoms with E-state index in [4.69, 9.17) is 16.4 Å². The second-order valence-corrected chi connectivity index (χ2v) is 7.05. The van der Waals surface area contributed by atoms with Crippen LogP contribution in [0.2, 0.25) is 5.02 Å². The number of halogens is 1. The predicted octanol–water partition coefficient (Wildman–Crippen LogP) is 4.76. The second-order valence-electron chi connectivity index (χ2n) is 5.74. The van der Waals surface area contributed by atoms with E-state index >= 15 is 0 Å². The van der Waals surface area contributed by atoms with Crippen molar-refractivity contribution in [2.24, 2.45) is 5.16 Å². The Labute approximate surface area is 170 Å². The quantitative estimate of drug-likeness (QED) is 0.690. The lowest BCUT2D eigenvalue weighted by Crippen LogP contribution is -2.17. The number of allylic oxidation sites excluding steroid dienone is 3. The SMILES string of the molecule is C=C1C=CC(C(=O)Nc2scc(-c3ccc(Cl)cc3)c2C(=O)O)=C/C1=N/OC. The minimum Gasteiger partial charge on any atom is -0.478 e. The predicted molar refractivity (Wildman–Crippen MR) is 111 cm³/mol. The van der Waals surface area contributed by atoms with Gasteiger partial charge in [-0.15, -0.1) is 11.3 Å². The van der Waals surface area contributed by atoms with Gasteiger partial charge in [-0.25, -0.2) is 4.79 Å². The van der Waals surface area contributed by atoms with E-state index < -0.39 is 11.9 Å². The highest BCUT2D eigenvalue weighted by Crippen LogP contribution is 2.36. The fourth-order valence-corrected chi connectivity index (χ4v) is 3.65. The van der Waals surface area contributed by atoms with Crippen molar-refractivity contribution in [1.82, 2.24) is 0 Å². The number of aromatic carboxylic acids is 1. The lowest BCUT2D eigenvalue weighted by molar-refractivity contribution is -0.112. The van der Waals surface area contributed by atoms with Crippen LogP contribution in [0.3, 0.4) is 0 Å². The van der Waals surface area contributed by atoms with Crippen molar-refractivity contribution in [3.05, 3.63) is 76.2 Å². The topological polar surface area (TPSA) is 88.0 Å². The summed E-state index contributed by atoms with van der Waals surface area (Å²) in [5.74, 6) is -1.59. The minimum absolute atomic E-state index is 0.0243. The molecule has 142 valence electrons. The fraction of sp³-hybridized carbons (Fsp3) is 0.0500. The van der Waals surface area contributed by atoms with Crippen LogP contribution in [0.25, 0.3) is 11.1 Å². The Morgan fingerprint density at radius 1 is 1.25 bits per heavy atom. The maximum atomic E-state index is 12.6. The molecule has 0 unspecified atom stereocenters. The Bertz CT molecular complexity index is 1050. The summed E-state index contributed by atoms with van der Waals surface area (Å²) < 4.78 is 0. The molecule has 0 saturated carbocycles. The first-order valence-corrected chi connectivity index (χ1v) is 9.28. The number of nitrogens with one attached hydrogen (secondary N) is 1. The van der Waals surface area contributed by atoms with Gasteiger partial charge in [0.2, 0.25) is 0 Å². The van der Waals surface area contributed by atoms with Gasteiger partial charge < -0.3 is 15.3 Å². The molecular formula is C20H15ClN2O4S. The van der Waals surface area contributed by atoms with Gasteiger partial charge in [0.1, 0.15) is 23.4 Å². The minimum atomic E-state index is -1.13. The molecule has 0 atom stereocenters. The van der Waals surface area contributed by atoms with E-state index in [0.717, 1.165) is 11.3 Å². The third-order valence-electron chi connectivity index (χ3n) is 3.92. The zero-order valence-corrected chi connectivity index (χ0v) is 16.3. The van der Waals surface area contributed by atoms with Crippen LogP contribution in [0, 0.1) is 0 Å². The van der Waals surface area contributed by atoms with Gasteiger partial charge in [0.05, 0.1) is 0 Å². The van der Waals surface area contributed by atoms with Gasteiger partial charge in [-0.1, -0.05) is 41.5 Å². The molecule has 0 radical (unpaired) electrons. The summed E-state index contributed by atoms with van der Waals surface area (Å²) in [6.45, 7) is 3.81. The number of hydrogen-bond donors (Lipinski definition) is 2. The number of amides is 1. The number of carbonyl (C=O) groups is 2. The van der Waals surface area contributed by atoms with Crippen LogP contribution >= 0.6 is 22.9 Å². The number of carbonyl (C=O) groups excluding carboxylic acids is 1. The number of benzene rings is 1. The summed E-state index contributed by atoms with van der Waals surface area (Å²) >= 11 is 7.04. The number of nitrogens with zero attached hydrogens (tertiary/aromatic N) is 1. The lowest BCUT2D eigenvalue weighted by atomic mass is 10.0. The molecule has 0 saturated heterocycles. The molecule has 3 rings (SSSR count). The Balaban J connectivity index is 1.92. The van der Waals surface area contributed by atoms with E-state index in [-0.39, 0.29) is 10.6 Å². The first-order chi connectivity index (χ1) is 13.4. The molecule has 0 spiro atoms. The van der Waals surface area contributed by atoms with E-state index in [2.05, 4.69) is 17.1 Å². The van der Waals surface area contributed by atoms with Gasteiger partial charge in [-0.05, 0) is 35.4 Å². The van der Waals surface area contributed by atoms with E-state index in [1.807, 2.05) is 0 Å². The monoisotopic (exact) mass is 414 g/mol. The van der Waals surface area contributed by atoms with Gasteiger partial charge in [0.25, 0.3) is 5.91 Å². The number of thiophene rings is 1. The highest BCUT2D eigenvalue weighted by molar-refractivity contribution is 7.15. The van der Waals surface area contributed by atoms with Crippen LogP contribution in [0.1, 0.15) is 10.4 Å². The molecule has 0 fully saturated rings. The van der Waals surface area contributed by atoms with Gasteiger partial charge in [0, 0.05) is 21.5 Å². The fourth-order valence-electron chi connectivity index (χ4n) is 2.57. The zero-order valence-electron chi connectivity index (χ0n) is 14.7. The van der Waals surface area contributed by atoms with Crippen LogP contribution in [-0.4, -0.2) is 29.8 Å². The highest BCUT2D eigenvalue weighted by atomic mass is 35.5. The third kappa shape index (κ3) is 4.05. The normalized spacial score (nSPS) is 14.7. The van der Waals surface area contributed by atoms with Crippen LogP contribution in [0.5, 0.6) is 0 Å². The molecule has 1 aromatic carbocycles. The standard InChI is InChI=1S/C20H15ClN2O4S/c1-11-3-4-13(9-16(11)23-27-2)18(24)22-19-17(20(25)26)15(10-28-19)12-5-7-14(21)8-6-12/h3-10H,1H2,2H3,(H,22,24)(H,25,26)/b23-16-. The van der Waals surface area contributed by atoms with E-state index in [1.165, 1.54) is 13.2 Å². The number of hydrogen-bond acceptors (Lipinski definition) is 5. The van der Waals surface area contributed by atoms with Gasteiger partial charge in [0.15, 0.2) is 0 Å². The van der Waals surface area contributed by atoms with Crippen LogP contribution in [0.15, 0.2) is 70.8 Å². The number of carboxylic acids is 1. The molecule has 2 N–H and O–H groups in total. The average molecular weight is 415 g/mol. The summed E-state index contributed by atoms with van der Waals surface area (Å²) in [4.78, 5) is 29.2. The van der Waals surface area contributed by atoms with Crippen LogP contribution < -0.4 is 5.32 Å². The summed E-state index contributed by atoms with van der Waals surface area (Å²) in [6, 6.07) is 6.82. The van der Waals surface area contributed by atoms with E-state index in [9.17, 15) is 14.7 Å². The number of rotatable bonds is 5. The van der Waals surface area contributed by atoms with Crippen molar-refractivity contribution >= 4 is 45.5 Å². The Morgan fingerprint density at radius 3 is 2.61 bits per heavy atom. The Hall–Kier alpha value is -3.16. The van der Waals surface area contributed by atoms with Crippen molar-refractivity contribution in [1.29, 1.82) is 0 Å². The molecule has 1 heterocycles. The molecule has 1 aliphatic carbocycles. The summed E-state index contributed by atoms with van der Waals surface area (Å²) in [7, 11) is 1.40. The average Bonchev–Trinajstić information content (AvgIpc) is 3.08. The van der Waals surface area contributed by atoms with Gasteiger partial charge in [-0.3, -0.25) is 4.79 Å². The van der Waals surface area contributed by atoms with E-state index in [1.54, 1.807) is 41.8 Å². The maximum Gasteiger partial charge on any atom is 0.339 e. The molecule has 2 aromatic rings. The summed E-state index contributed by atoms with van der Waals surface area (Å²) in [5, 5.41) is 18.6. The molecule has 8 heteroatoms. The molecular weight excluding hydrogens is 400 g/mol. The molecule has 1 aliphatic rings. The van der Waals surface area contributed by atoms with Gasteiger partial charge >= 0.3 is 5.97 Å². The maximum absolute atomic E-state index is 12.6. The molecule has 0 bridgehead atoms. The number of anilines is 1. The summed E-state index contributed by atoms with van der Waals surface area (Å²) in [6.07, 6.45) is 4.74. The first-order valence-electron chi connectivity index (χ1n) is 8.03. The number of oxime groups is 1. The van der Waals surface area contributed by atoms with Crippen LogP contribution in [-0.2, 0) is 9.63 Å². The van der Waals surface area contributed by atoms with Crippen molar-refractivity contribution in [2.75, 3.05) is 12.4 Å². The highest BCUT2D eigenvalue weighted by Gasteiger charge is 2.22. The van der Waals surface area contributed by atoms with Gasteiger partial charge in [-0.2, -0.15) is 0 Å². The second kappa shape index (κ2) is 8.24. The van der Waals surface area contributed by atoms with E-state index in [0.29, 0.717) is 33.0 Å². The van der Waals surface area contributed by atoms with Crippen molar-refractivity contribution in [3.8, 4) is 11.1 Å². The summed E-state index contributed by atoms with van der Waals surface area (Å²) in [5.41, 5.74) is 2.55. The molecule has 6 nitrogen and oxygen atoms in total. The van der Waals surface area contributed by atoms with Crippen LogP contribution in [0.4, 0.5) is 5.00 Å². The molecule has 1 aromatic heterocycles. The molecule has 28 heavy (non-hydrogen) atoms. The van der Waals surface area contributed by atoms with Crippen molar-refractivity contribution in [3.63, 3.8) is 0 Å². The third-order valence-corrected chi connectivity index (χ3v) is 5.07. The largest absolute Gasteiger partial charge is 0.478 e. The zero-order chi connectivity index (χ0) is 20.3. The van der Waals surface area contributed by atoms with Crippen molar-refractivity contribution < 1.29 is 19.5 Å².